The fourth-order valence-electron chi connectivity index (χ4n) is 3.25. The third-order valence-electron chi connectivity index (χ3n) is 4.48. The third-order valence-corrected chi connectivity index (χ3v) is 4.48. The van der Waals surface area contributed by atoms with Crippen molar-refractivity contribution in [1.82, 2.24) is 25.1 Å². The molecule has 0 aromatic carbocycles. The van der Waals surface area contributed by atoms with Gasteiger partial charge in [0.15, 0.2) is 5.82 Å². The zero-order chi connectivity index (χ0) is 17.6. The Balaban J connectivity index is 1.51. The lowest BCUT2D eigenvalue weighted by Gasteiger charge is -2.22. The van der Waals surface area contributed by atoms with Crippen LogP contribution in [-0.2, 0) is 4.79 Å². The molecule has 0 aliphatic heterocycles. The first-order valence-corrected chi connectivity index (χ1v) is 9.01. The lowest BCUT2D eigenvalue weighted by atomic mass is 9.95. The molecular formula is C18H26N6O. The zero-order valence-corrected chi connectivity index (χ0v) is 15.0. The van der Waals surface area contributed by atoms with Crippen LogP contribution in [0.5, 0.6) is 0 Å². The average molecular weight is 342 g/mol. The van der Waals surface area contributed by atoms with Crippen LogP contribution in [0.3, 0.4) is 0 Å². The Hall–Kier alpha value is -2.44. The van der Waals surface area contributed by atoms with Crippen LogP contribution >= 0.6 is 0 Å². The molecule has 7 heteroatoms. The molecule has 1 saturated carbocycles. The van der Waals surface area contributed by atoms with Crippen LogP contribution in [0.2, 0.25) is 0 Å². The maximum atomic E-state index is 12.0. The summed E-state index contributed by atoms with van der Waals surface area (Å²) in [5.41, 5.74) is 1.95. The standard InChI is InChI=1S/C18H26N6O/c1-13-10-14(2)24(23-13)17-12-19-11-16(22-17)20-9-8-18(25)21-15-6-4-3-5-7-15/h10-12,15H,3-9H2,1-2H3,(H,20,22)(H,21,25). The van der Waals surface area contributed by atoms with E-state index in [0.29, 0.717) is 30.6 Å². The third kappa shape index (κ3) is 4.78. The lowest BCUT2D eigenvalue weighted by Crippen LogP contribution is -2.36. The number of nitrogens with zero attached hydrogens (tertiary/aromatic N) is 4. The molecule has 2 N–H and O–H groups in total. The molecule has 2 aromatic heterocycles. The van der Waals surface area contributed by atoms with Crippen LogP contribution in [0.15, 0.2) is 18.5 Å². The molecule has 1 fully saturated rings. The molecule has 0 unspecified atom stereocenters. The van der Waals surface area contributed by atoms with Crippen molar-refractivity contribution in [1.29, 1.82) is 0 Å². The molecule has 25 heavy (non-hydrogen) atoms. The largest absolute Gasteiger partial charge is 0.368 e. The van der Waals surface area contributed by atoms with Crippen LogP contribution in [0.1, 0.15) is 49.9 Å². The highest BCUT2D eigenvalue weighted by Crippen LogP contribution is 2.17. The van der Waals surface area contributed by atoms with Gasteiger partial charge in [0.1, 0.15) is 5.82 Å². The number of amides is 1. The molecule has 0 atom stereocenters. The van der Waals surface area contributed by atoms with Crippen LogP contribution in [-0.4, -0.2) is 38.2 Å². The molecule has 7 nitrogen and oxygen atoms in total. The summed E-state index contributed by atoms with van der Waals surface area (Å²) >= 11 is 0. The Morgan fingerprint density at radius 2 is 2.04 bits per heavy atom. The van der Waals surface area contributed by atoms with Crippen LogP contribution in [0.25, 0.3) is 5.82 Å². The second-order valence-corrected chi connectivity index (χ2v) is 6.68. The maximum absolute atomic E-state index is 12.0. The summed E-state index contributed by atoms with van der Waals surface area (Å²) in [5.74, 6) is 1.42. The SMILES string of the molecule is Cc1cc(C)n(-c2cncc(NCCC(=O)NC3CCCCC3)n2)n1. The first kappa shape index (κ1) is 17.4. The predicted molar refractivity (Wildman–Crippen MR) is 96.8 cm³/mol. The van der Waals surface area contributed by atoms with Crippen molar-refractivity contribution in [2.24, 2.45) is 0 Å². The van der Waals surface area contributed by atoms with Gasteiger partial charge in [-0.1, -0.05) is 19.3 Å². The molecule has 1 aliphatic carbocycles. The summed E-state index contributed by atoms with van der Waals surface area (Å²) in [4.78, 5) is 20.8. The monoisotopic (exact) mass is 342 g/mol. The van der Waals surface area contributed by atoms with Gasteiger partial charge in [-0.3, -0.25) is 9.78 Å². The minimum Gasteiger partial charge on any atom is -0.368 e. The van der Waals surface area contributed by atoms with Gasteiger partial charge in [0.05, 0.1) is 18.1 Å². The molecule has 0 saturated heterocycles. The van der Waals surface area contributed by atoms with Gasteiger partial charge in [0.25, 0.3) is 0 Å². The van der Waals surface area contributed by atoms with E-state index >= 15 is 0 Å². The van der Waals surface area contributed by atoms with Crippen molar-refractivity contribution in [2.75, 3.05) is 11.9 Å². The number of hydrogen-bond acceptors (Lipinski definition) is 5. The molecule has 1 amide bonds. The number of carbonyl (C=O) groups is 1. The van der Waals surface area contributed by atoms with Gasteiger partial charge < -0.3 is 10.6 Å². The summed E-state index contributed by atoms with van der Waals surface area (Å²) < 4.78 is 1.77. The highest BCUT2D eigenvalue weighted by Gasteiger charge is 2.15. The molecule has 3 rings (SSSR count). The highest BCUT2D eigenvalue weighted by molar-refractivity contribution is 5.76. The Bertz CT molecular complexity index is 720. The average Bonchev–Trinajstić information content (AvgIpc) is 2.94. The van der Waals surface area contributed by atoms with Crippen LogP contribution in [0.4, 0.5) is 5.82 Å². The van der Waals surface area contributed by atoms with Gasteiger partial charge in [-0.2, -0.15) is 5.10 Å². The minimum absolute atomic E-state index is 0.0991. The predicted octanol–water partition coefficient (Wildman–Crippen LogP) is 2.53. The van der Waals surface area contributed by atoms with E-state index in [-0.39, 0.29) is 5.91 Å². The zero-order valence-electron chi connectivity index (χ0n) is 15.0. The van der Waals surface area contributed by atoms with Gasteiger partial charge in [-0.05, 0) is 32.8 Å². The Kier molecular flexibility index (Phi) is 5.63. The molecule has 2 heterocycles. The molecule has 2 aromatic rings. The van der Waals surface area contributed by atoms with Crippen molar-refractivity contribution in [3.05, 3.63) is 29.8 Å². The van der Waals surface area contributed by atoms with E-state index < -0.39 is 0 Å². The number of anilines is 1. The van der Waals surface area contributed by atoms with Crippen molar-refractivity contribution in [3.63, 3.8) is 0 Å². The number of hydrogen-bond donors (Lipinski definition) is 2. The summed E-state index contributed by atoms with van der Waals surface area (Å²) in [6.45, 7) is 4.47. The maximum Gasteiger partial charge on any atom is 0.221 e. The number of nitrogens with one attached hydrogen (secondary N) is 2. The minimum atomic E-state index is 0.0991. The van der Waals surface area contributed by atoms with Gasteiger partial charge in [0.2, 0.25) is 5.91 Å². The van der Waals surface area contributed by atoms with E-state index in [0.717, 1.165) is 24.2 Å². The Morgan fingerprint density at radius 1 is 1.24 bits per heavy atom. The van der Waals surface area contributed by atoms with Crippen LogP contribution < -0.4 is 10.6 Å². The van der Waals surface area contributed by atoms with Gasteiger partial charge in [-0.15, -0.1) is 0 Å². The van der Waals surface area contributed by atoms with E-state index in [1.807, 2.05) is 19.9 Å². The van der Waals surface area contributed by atoms with E-state index in [9.17, 15) is 4.79 Å². The molecule has 134 valence electrons. The van der Waals surface area contributed by atoms with Crippen molar-refractivity contribution in [2.45, 2.75) is 58.4 Å². The lowest BCUT2D eigenvalue weighted by molar-refractivity contribution is -0.121. The molecule has 0 radical (unpaired) electrons. The van der Waals surface area contributed by atoms with Crippen molar-refractivity contribution < 1.29 is 4.79 Å². The Labute approximate surface area is 148 Å². The number of rotatable bonds is 6. The van der Waals surface area contributed by atoms with E-state index in [1.165, 1.54) is 19.3 Å². The Morgan fingerprint density at radius 3 is 2.76 bits per heavy atom. The summed E-state index contributed by atoms with van der Waals surface area (Å²) in [6, 6.07) is 2.35. The van der Waals surface area contributed by atoms with E-state index in [4.69, 9.17) is 0 Å². The van der Waals surface area contributed by atoms with E-state index in [1.54, 1.807) is 17.1 Å². The fourth-order valence-corrected chi connectivity index (χ4v) is 3.25. The fraction of sp³-hybridized carbons (Fsp3) is 0.556. The number of aromatic nitrogens is 4. The smallest absolute Gasteiger partial charge is 0.221 e. The van der Waals surface area contributed by atoms with Crippen molar-refractivity contribution >= 4 is 11.7 Å². The van der Waals surface area contributed by atoms with Crippen LogP contribution in [0, 0.1) is 13.8 Å². The quantitative estimate of drug-likeness (QED) is 0.843. The number of carbonyl (C=O) groups excluding carboxylic acids is 1. The van der Waals surface area contributed by atoms with Gasteiger partial charge in [-0.25, -0.2) is 9.67 Å². The first-order valence-electron chi connectivity index (χ1n) is 9.01. The molecule has 0 bridgehead atoms. The summed E-state index contributed by atoms with van der Waals surface area (Å²) in [6.07, 6.45) is 9.72. The normalized spacial score (nSPS) is 15.1. The van der Waals surface area contributed by atoms with E-state index in [2.05, 4.69) is 25.7 Å². The van der Waals surface area contributed by atoms with Gasteiger partial charge >= 0.3 is 0 Å². The molecular weight excluding hydrogens is 316 g/mol. The summed E-state index contributed by atoms with van der Waals surface area (Å²) in [7, 11) is 0. The molecule has 1 aliphatic rings. The topological polar surface area (TPSA) is 84.7 Å². The second-order valence-electron chi connectivity index (χ2n) is 6.68. The van der Waals surface area contributed by atoms with Crippen molar-refractivity contribution in [3.8, 4) is 5.82 Å². The molecule has 0 spiro atoms. The number of aryl methyl sites for hydroxylation is 2. The first-order chi connectivity index (χ1) is 12.1. The summed E-state index contributed by atoms with van der Waals surface area (Å²) in [5, 5.41) is 10.7. The highest BCUT2D eigenvalue weighted by atomic mass is 16.1. The van der Waals surface area contributed by atoms with Gasteiger partial charge in [0, 0.05) is 24.7 Å². The second kappa shape index (κ2) is 8.09.